The van der Waals surface area contributed by atoms with E-state index in [2.05, 4.69) is 14.9 Å². The zero-order chi connectivity index (χ0) is 19.0. The smallest absolute Gasteiger partial charge is 0.221 e. The fourth-order valence-electron chi connectivity index (χ4n) is 3.69. The predicted molar refractivity (Wildman–Crippen MR) is 98.9 cm³/mol. The highest BCUT2D eigenvalue weighted by Crippen LogP contribution is 2.43. The monoisotopic (exact) mass is 367 g/mol. The molecule has 0 saturated carbocycles. The molecule has 2 atom stereocenters. The number of nitrogens with two attached hydrogens (primary N) is 2. The number of aliphatic imine (C=N–C) groups is 1. The third-order valence-electron chi connectivity index (χ3n) is 5.05. The quantitative estimate of drug-likeness (QED) is 0.757. The van der Waals surface area contributed by atoms with Crippen molar-refractivity contribution < 1.29 is 9.53 Å². The van der Waals surface area contributed by atoms with Gasteiger partial charge in [-0.1, -0.05) is 0 Å². The molecule has 2 aromatic rings. The number of hydrogen-bond donors (Lipinski definition) is 2. The van der Waals surface area contributed by atoms with Gasteiger partial charge in [0.15, 0.2) is 5.84 Å². The summed E-state index contributed by atoms with van der Waals surface area (Å²) in [7, 11) is 1.59. The Hall–Kier alpha value is -3.04. The number of rotatable bonds is 4. The summed E-state index contributed by atoms with van der Waals surface area (Å²) in [4.78, 5) is 26.8. The largest absolute Gasteiger partial charge is 0.495 e. The number of primary amides is 1. The van der Waals surface area contributed by atoms with Crippen LogP contribution in [0.5, 0.6) is 5.75 Å². The molecule has 0 bridgehead atoms. The standard InChI is InChI=1S/C18H21N7O2/c1-27-14-9-22-8-13-15(14)18(24-7-4-12(10-24)16(19)26)25(20)17(23-13)11-2-5-21-6-3-11/h2-3,5-6,8-9,12,18H,4,7,10,20H2,1H3,(H2,19,26). The summed E-state index contributed by atoms with van der Waals surface area (Å²) in [5.74, 6) is 7.27. The van der Waals surface area contributed by atoms with Crippen molar-refractivity contribution >= 4 is 17.4 Å². The fraction of sp³-hybridized carbons (Fsp3) is 0.333. The zero-order valence-electron chi connectivity index (χ0n) is 14.9. The average molecular weight is 367 g/mol. The van der Waals surface area contributed by atoms with Gasteiger partial charge in [-0.3, -0.25) is 24.7 Å². The van der Waals surface area contributed by atoms with Crippen LogP contribution in [0.1, 0.15) is 23.7 Å². The number of carbonyl (C=O) groups is 1. The zero-order valence-corrected chi connectivity index (χ0v) is 14.9. The first-order valence-corrected chi connectivity index (χ1v) is 8.68. The van der Waals surface area contributed by atoms with E-state index in [-0.39, 0.29) is 18.0 Å². The van der Waals surface area contributed by atoms with Crippen molar-refractivity contribution in [3.05, 3.63) is 48.0 Å². The Morgan fingerprint density at radius 2 is 2.04 bits per heavy atom. The number of hydrazine groups is 1. The lowest BCUT2D eigenvalue weighted by atomic mass is 10.1. The number of aromatic nitrogens is 2. The summed E-state index contributed by atoms with van der Waals surface area (Å²) in [6.07, 6.45) is 7.08. The first-order valence-electron chi connectivity index (χ1n) is 8.68. The van der Waals surface area contributed by atoms with E-state index in [0.29, 0.717) is 36.8 Å². The third-order valence-corrected chi connectivity index (χ3v) is 5.05. The van der Waals surface area contributed by atoms with Crippen LogP contribution in [0.15, 0.2) is 41.9 Å². The van der Waals surface area contributed by atoms with Crippen LogP contribution in [0.3, 0.4) is 0 Å². The Labute approximate surface area is 156 Å². The minimum atomic E-state index is -0.344. The van der Waals surface area contributed by atoms with E-state index < -0.39 is 0 Å². The van der Waals surface area contributed by atoms with Crippen LogP contribution in [0, 0.1) is 5.92 Å². The van der Waals surface area contributed by atoms with E-state index in [1.54, 1.807) is 36.9 Å². The van der Waals surface area contributed by atoms with Gasteiger partial charge in [0.1, 0.15) is 11.9 Å². The maximum absolute atomic E-state index is 11.7. The van der Waals surface area contributed by atoms with Crippen molar-refractivity contribution in [2.45, 2.75) is 12.6 Å². The minimum Gasteiger partial charge on any atom is -0.495 e. The number of hydrogen-bond acceptors (Lipinski definition) is 8. The molecule has 9 nitrogen and oxygen atoms in total. The Balaban J connectivity index is 1.81. The Bertz CT molecular complexity index is 887. The molecule has 0 radical (unpaired) electrons. The number of methoxy groups -OCH3 is 1. The van der Waals surface area contributed by atoms with E-state index >= 15 is 0 Å². The molecule has 140 valence electrons. The summed E-state index contributed by atoms with van der Waals surface area (Å²) in [6, 6.07) is 3.70. The van der Waals surface area contributed by atoms with Crippen molar-refractivity contribution in [1.29, 1.82) is 0 Å². The molecular formula is C18H21N7O2. The van der Waals surface area contributed by atoms with Gasteiger partial charge in [-0.05, 0) is 18.6 Å². The topological polar surface area (TPSA) is 123 Å². The number of likely N-dealkylation sites (tertiary alicyclic amines) is 1. The summed E-state index contributed by atoms with van der Waals surface area (Å²) >= 11 is 0. The van der Waals surface area contributed by atoms with Gasteiger partial charge in [-0.15, -0.1) is 0 Å². The van der Waals surface area contributed by atoms with E-state index in [1.165, 1.54) is 0 Å². The molecule has 9 heteroatoms. The fourth-order valence-corrected chi connectivity index (χ4v) is 3.69. The molecule has 0 aliphatic carbocycles. The highest BCUT2D eigenvalue weighted by Gasteiger charge is 2.40. The van der Waals surface area contributed by atoms with Gasteiger partial charge in [0.05, 0.1) is 36.7 Å². The van der Waals surface area contributed by atoms with Crippen LogP contribution >= 0.6 is 0 Å². The number of fused-ring (bicyclic) bond motifs is 1. The van der Waals surface area contributed by atoms with Gasteiger partial charge in [0.2, 0.25) is 5.91 Å². The second kappa shape index (κ2) is 6.93. The van der Waals surface area contributed by atoms with Gasteiger partial charge < -0.3 is 10.5 Å². The molecule has 4 heterocycles. The van der Waals surface area contributed by atoms with Crippen molar-refractivity contribution in [3.8, 4) is 5.75 Å². The summed E-state index contributed by atoms with van der Waals surface area (Å²) in [6.45, 7) is 1.22. The molecule has 27 heavy (non-hydrogen) atoms. The average Bonchev–Trinajstić information content (AvgIpc) is 3.18. The van der Waals surface area contributed by atoms with Gasteiger partial charge in [0.25, 0.3) is 0 Å². The maximum Gasteiger partial charge on any atom is 0.221 e. The van der Waals surface area contributed by atoms with Crippen LogP contribution in [0.2, 0.25) is 0 Å². The van der Waals surface area contributed by atoms with Gasteiger partial charge in [-0.2, -0.15) is 0 Å². The normalized spacial score (nSPS) is 22.3. The van der Waals surface area contributed by atoms with Crippen molar-refractivity contribution in [2.24, 2.45) is 22.5 Å². The van der Waals surface area contributed by atoms with Crippen LogP contribution in [-0.4, -0.2) is 51.8 Å². The van der Waals surface area contributed by atoms with Gasteiger partial charge >= 0.3 is 0 Å². The molecule has 4 rings (SSSR count). The second-order valence-corrected chi connectivity index (χ2v) is 6.61. The number of ether oxygens (including phenoxy) is 1. The molecule has 1 fully saturated rings. The second-order valence-electron chi connectivity index (χ2n) is 6.61. The minimum absolute atomic E-state index is 0.196. The Morgan fingerprint density at radius 3 is 2.70 bits per heavy atom. The third kappa shape index (κ3) is 3.00. The number of pyridine rings is 2. The molecule has 1 amide bonds. The van der Waals surface area contributed by atoms with E-state index in [9.17, 15) is 4.79 Å². The highest BCUT2D eigenvalue weighted by atomic mass is 16.5. The van der Waals surface area contributed by atoms with Crippen LogP contribution in [0.25, 0.3) is 0 Å². The molecule has 1 saturated heterocycles. The first kappa shape index (κ1) is 17.4. The summed E-state index contributed by atoms with van der Waals surface area (Å²) in [5.41, 5.74) is 7.88. The first-order chi connectivity index (χ1) is 13.1. The predicted octanol–water partition coefficient (Wildman–Crippen LogP) is 0.559. The number of nitrogens with zero attached hydrogens (tertiary/aromatic N) is 5. The molecule has 4 N–H and O–H groups in total. The van der Waals surface area contributed by atoms with Gasteiger partial charge in [-0.25, -0.2) is 10.8 Å². The molecule has 0 aromatic carbocycles. The van der Waals surface area contributed by atoms with Crippen molar-refractivity contribution in [3.63, 3.8) is 0 Å². The SMILES string of the molecule is COc1cncc2c1C(N1CCC(C(N)=O)C1)N(N)C(c1ccncc1)=N2. The lowest BCUT2D eigenvalue weighted by molar-refractivity contribution is -0.121. The Kier molecular flexibility index (Phi) is 4.46. The van der Waals surface area contributed by atoms with Gasteiger partial charge in [0, 0.05) is 31.0 Å². The molecular weight excluding hydrogens is 346 g/mol. The van der Waals surface area contributed by atoms with Crippen LogP contribution in [-0.2, 0) is 4.79 Å². The highest BCUT2D eigenvalue weighted by molar-refractivity contribution is 6.01. The number of amidine groups is 1. The van der Waals surface area contributed by atoms with Crippen LogP contribution < -0.4 is 16.3 Å². The number of amides is 1. The van der Waals surface area contributed by atoms with Crippen LogP contribution in [0.4, 0.5) is 5.69 Å². The summed E-state index contributed by atoms with van der Waals surface area (Å²) < 4.78 is 5.52. The lowest BCUT2D eigenvalue weighted by Crippen LogP contribution is -2.50. The van der Waals surface area contributed by atoms with E-state index in [0.717, 1.165) is 11.1 Å². The van der Waals surface area contributed by atoms with Crippen molar-refractivity contribution in [2.75, 3.05) is 20.2 Å². The molecule has 2 aromatic heterocycles. The molecule has 2 aliphatic heterocycles. The molecule has 2 unspecified atom stereocenters. The Morgan fingerprint density at radius 1 is 1.26 bits per heavy atom. The maximum atomic E-state index is 11.7. The van der Waals surface area contributed by atoms with E-state index in [1.807, 2.05) is 12.1 Å². The molecule has 2 aliphatic rings. The van der Waals surface area contributed by atoms with Crippen molar-refractivity contribution in [1.82, 2.24) is 19.9 Å². The van der Waals surface area contributed by atoms with E-state index in [4.69, 9.17) is 21.3 Å². The lowest BCUT2D eigenvalue weighted by Gasteiger charge is -2.40. The number of carbonyl (C=O) groups excluding carboxylic acids is 1. The summed E-state index contributed by atoms with van der Waals surface area (Å²) in [5, 5.41) is 1.61. The molecule has 0 spiro atoms.